The van der Waals surface area contributed by atoms with Crippen LogP contribution in [0.15, 0.2) is 12.2 Å². The van der Waals surface area contributed by atoms with E-state index in [9.17, 15) is 9.90 Å². The van der Waals surface area contributed by atoms with Gasteiger partial charge in [0.15, 0.2) is 0 Å². The number of rotatable bonds is 18. The Labute approximate surface area is 155 Å². The zero-order valence-electron chi connectivity index (χ0n) is 16.5. The highest BCUT2D eigenvalue weighted by atomic mass is 16.6. The van der Waals surface area contributed by atoms with Gasteiger partial charge in [-0.15, -0.1) is 0 Å². The lowest BCUT2D eigenvalue weighted by Crippen LogP contribution is -2.26. The first-order valence-electron chi connectivity index (χ1n) is 10.3. The second-order valence-corrected chi connectivity index (χ2v) is 6.69. The molecule has 1 unspecified atom stereocenters. The van der Waals surface area contributed by atoms with Crippen LogP contribution in [0.25, 0.3) is 0 Å². The number of esters is 1. The molecule has 0 aromatic heterocycles. The molecular formula is C21H40O4. The molecule has 0 spiro atoms. The number of allylic oxidation sites excluding steroid dienone is 1. The largest absolute Gasteiger partial charge is 0.454 e. The van der Waals surface area contributed by atoms with Crippen LogP contribution < -0.4 is 0 Å². The Hall–Kier alpha value is -0.870. The molecule has 25 heavy (non-hydrogen) atoms. The number of aliphatic hydroxyl groups excluding tert-OH is 1. The molecule has 0 saturated carbocycles. The van der Waals surface area contributed by atoms with Gasteiger partial charge in [0.2, 0.25) is 0 Å². The molecule has 4 heteroatoms. The summed E-state index contributed by atoms with van der Waals surface area (Å²) in [6.07, 6.45) is 17.0. The van der Waals surface area contributed by atoms with Gasteiger partial charge < -0.3 is 14.6 Å². The number of carbonyl (C=O) groups is 1. The van der Waals surface area contributed by atoms with Crippen LogP contribution in [0.4, 0.5) is 0 Å². The van der Waals surface area contributed by atoms with Crippen LogP contribution in [-0.4, -0.2) is 37.0 Å². The summed E-state index contributed by atoms with van der Waals surface area (Å²) in [6, 6.07) is 0. The van der Waals surface area contributed by atoms with Crippen molar-refractivity contribution in [3.05, 3.63) is 12.2 Å². The van der Waals surface area contributed by atoms with Gasteiger partial charge in [-0.2, -0.15) is 0 Å². The van der Waals surface area contributed by atoms with Gasteiger partial charge in [0.25, 0.3) is 0 Å². The Morgan fingerprint density at radius 3 is 2.16 bits per heavy atom. The van der Waals surface area contributed by atoms with Crippen molar-refractivity contribution in [3.63, 3.8) is 0 Å². The molecule has 0 fully saturated rings. The van der Waals surface area contributed by atoms with Crippen LogP contribution in [0, 0.1) is 0 Å². The molecule has 0 aromatic rings. The zero-order chi connectivity index (χ0) is 18.6. The topological polar surface area (TPSA) is 55.8 Å². The van der Waals surface area contributed by atoms with E-state index in [-0.39, 0.29) is 13.2 Å². The Bertz CT molecular complexity index is 315. The third-order valence-electron chi connectivity index (χ3n) is 4.16. The Morgan fingerprint density at radius 1 is 0.920 bits per heavy atom. The van der Waals surface area contributed by atoms with Gasteiger partial charge in [0.05, 0.1) is 13.2 Å². The lowest BCUT2D eigenvalue weighted by Gasteiger charge is -2.14. The number of carbonyl (C=O) groups excluding carboxylic acids is 1. The monoisotopic (exact) mass is 356 g/mol. The first-order chi connectivity index (χ1) is 12.2. The quantitative estimate of drug-likeness (QED) is 0.209. The summed E-state index contributed by atoms with van der Waals surface area (Å²) in [6.45, 7) is 5.13. The highest BCUT2D eigenvalue weighted by Crippen LogP contribution is 2.06. The maximum absolute atomic E-state index is 11.7. The fourth-order valence-electron chi connectivity index (χ4n) is 2.57. The van der Waals surface area contributed by atoms with Crippen molar-refractivity contribution in [1.82, 2.24) is 0 Å². The lowest BCUT2D eigenvalue weighted by molar-refractivity contribution is -0.148. The van der Waals surface area contributed by atoms with E-state index in [4.69, 9.17) is 9.47 Å². The van der Waals surface area contributed by atoms with Crippen LogP contribution in [-0.2, 0) is 14.3 Å². The molecule has 0 heterocycles. The molecular weight excluding hydrogens is 316 g/mol. The smallest absolute Gasteiger partial charge is 0.330 e. The summed E-state index contributed by atoms with van der Waals surface area (Å²) in [5, 5.41) is 9.29. The van der Waals surface area contributed by atoms with Gasteiger partial charge in [0, 0.05) is 12.7 Å². The Morgan fingerprint density at radius 2 is 1.52 bits per heavy atom. The zero-order valence-corrected chi connectivity index (χ0v) is 16.5. The fraction of sp³-hybridized carbons (Fsp3) is 0.857. The summed E-state index contributed by atoms with van der Waals surface area (Å²) < 4.78 is 10.7. The predicted molar refractivity (Wildman–Crippen MR) is 104 cm³/mol. The molecule has 0 aliphatic carbocycles. The predicted octanol–water partition coefficient (Wildman–Crippen LogP) is 5.18. The second-order valence-electron chi connectivity index (χ2n) is 6.69. The summed E-state index contributed by atoms with van der Waals surface area (Å²) in [5.74, 6) is -0.393. The van der Waals surface area contributed by atoms with Gasteiger partial charge in [-0.25, -0.2) is 4.79 Å². The van der Waals surface area contributed by atoms with Gasteiger partial charge in [-0.1, -0.05) is 77.7 Å². The minimum Gasteiger partial charge on any atom is -0.454 e. The van der Waals surface area contributed by atoms with Gasteiger partial charge in [-0.05, 0) is 19.3 Å². The molecule has 0 aromatic carbocycles. The van der Waals surface area contributed by atoms with Gasteiger partial charge >= 0.3 is 5.97 Å². The number of hydrogen-bond acceptors (Lipinski definition) is 4. The van der Waals surface area contributed by atoms with E-state index in [0.29, 0.717) is 6.61 Å². The summed E-state index contributed by atoms with van der Waals surface area (Å²) in [7, 11) is 0. The normalized spacial score (nSPS) is 12.6. The van der Waals surface area contributed by atoms with Crippen LogP contribution in [0.2, 0.25) is 0 Å². The summed E-state index contributed by atoms with van der Waals surface area (Å²) in [4.78, 5) is 11.7. The molecule has 4 nitrogen and oxygen atoms in total. The summed E-state index contributed by atoms with van der Waals surface area (Å²) >= 11 is 0. The van der Waals surface area contributed by atoms with Crippen molar-refractivity contribution in [2.45, 2.75) is 97.0 Å². The van der Waals surface area contributed by atoms with E-state index >= 15 is 0 Å². The average Bonchev–Trinajstić information content (AvgIpc) is 2.62. The first kappa shape index (κ1) is 24.1. The third-order valence-corrected chi connectivity index (χ3v) is 4.16. The van der Waals surface area contributed by atoms with Crippen LogP contribution >= 0.6 is 0 Å². The maximum Gasteiger partial charge on any atom is 0.330 e. The third kappa shape index (κ3) is 17.7. The van der Waals surface area contributed by atoms with Crippen molar-refractivity contribution in [3.8, 4) is 0 Å². The second kappa shape index (κ2) is 19.5. The number of unbranched alkanes of at least 4 members (excludes halogenated alkanes) is 10. The van der Waals surface area contributed by atoms with Gasteiger partial charge in [0.1, 0.15) is 6.10 Å². The standard InChI is InChI=1S/C21H40O4/c1-3-5-7-9-11-12-14-16-21(23)25-20(18-22)19-24-17-15-13-10-8-6-4-2/h14,16,20,22H,3-13,15,17-19H2,1-2H3/b16-14+. The molecule has 0 saturated heterocycles. The molecule has 0 rings (SSSR count). The SMILES string of the molecule is CCCCCCC/C=C/C(=O)OC(CO)COCCCCCCCC. The van der Waals surface area contributed by atoms with Crippen LogP contribution in [0.5, 0.6) is 0 Å². The highest BCUT2D eigenvalue weighted by Gasteiger charge is 2.11. The first-order valence-corrected chi connectivity index (χ1v) is 10.3. The molecule has 0 aliphatic heterocycles. The van der Waals surface area contributed by atoms with Crippen LogP contribution in [0.1, 0.15) is 90.9 Å². The fourth-order valence-corrected chi connectivity index (χ4v) is 2.57. The van der Waals surface area contributed by atoms with Crippen molar-refractivity contribution < 1.29 is 19.4 Å². The molecule has 0 radical (unpaired) electrons. The van der Waals surface area contributed by atoms with Crippen molar-refractivity contribution >= 4 is 5.97 Å². The Kier molecular flexibility index (Phi) is 18.8. The minimum absolute atomic E-state index is 0.201. The van der Waals surface area contributed by atoms with E-state index in [1.165, 1.54) is 63.9 Å². The average molecular weight is 357 g/mol. The maximum atomic E-state index is 11.7. The minimum atomic E-state index is -0.568. The molecule has 0 bridgehead atoms. The highest BCUT2D eigenvalue weighted by molar-refractivity contribution is 5.82. The number of ether oxygens (including phenoxy) is 2. The van der Waals surface area contributed by atoms with E-state index < -0.39 is 12.1 Å². The lowest BCUT2D eigenvalue weighted by atomic mass is 10.1. The molecule has 0 aliphatic rings. The van der Waals surface area contributed by atoms with E-state index in [0.717, 1.165) is 19.3 Å². The number of hydrogen-bond donors (Lipinski definition) is 1. The Balaban J connectivity index is 3.62. The summed E-state index contributed by atoms with van der Waals surface area (Å²) in [5.41, 5.74) is 0. The molecule has 0 amide bonds. The molecule has 148 valence electrons. The van der Waals surface area contributed by atoms with Crippen molar-refractivity contribution in [2.75, 3.05) is 19.8 Å². The van der Waals surface area contributed by atoms with Gasteiger partial charge in [-0.3, -0.25) is 0 Å². The molecule has 1 N–H and O–H groups in total. The van der Waals surface area contributed by atoms with E-state index in [1.54, 1.807) is 0 Å². The van der Waals surface area contributed by atoms with E-state index in [2.05, 4.69) is 13.8 Å². The number of aliphatic hydroxyl groups is 1. The van der Waals surface area contributed by atoms with Crippen molar-refractivity contribution in [2.24, 2.45) is 0 Å². The molecule has 1 atom stereocenters. The van der Waals surface area contributed by atoms with Crippen LogP contribution in [0.3, 0.4) is 0 Å². The van der Waals surface area contributed by atoms with E-state index in [1.807, 2.05) is 6.08 Å². The van der Waals surface area contributed by atoms with Crippen molar-refractivity contribution in [1.29, 1.82) is 0 Å².